The molecule has 2 heterocycles. The number of aryl methyl sites for hydroxylation is 1. The van der Waals surface area contributed by atoms with Crippen LogP contribution >= 0.6 is 11.6 Å². The predicted octanol–water partition coefficient (Wildman–Crippen LogP) is 6.97. The lowest BCUT2D eigenvalue weighted by Crippen LogP contribution is -2.48. The number of ketones is 3. The number of anilines is 1. The third-order valence-electron chi connectivity index (χ3n) is 8.82. The molecule has 3 atom stereocenters. The van der Waals surface area contributed by atoms with Gasteiger partial charge in [0.2, 0.25) is 0 Å². The lowest BCUT2D eigenvalue weighted by molar-refractivity contribution is 0.0665. The maximum atomic E-state index is 14.7. The quantitative estimate of drug-likeness (QED) is 0.199. The lowest BCUT2D eigenvalue weighted by atomic mass is 9.64. The molecule has 0 N–H and O–H groups in total. The first kappa shape index (κ1) is 25.5. The Morgan fingerprint density at radius 3 is 2.27 bits per heavy atom. The minimum atomic E-state index is -1.56. The molecule has 4 aromatic rings. The van der Waals surface area contributed by atoms with Gasteiger partial charge < -0.3 is 9.64 Å². The molecular weight excluding hydrogens is 534 g/mol. The van der Waals surface area contributed by atoms with E-state index >= 15 is 0 Å². The molecule has 0 radical (unpaired) electrons. The van der Waals surface area contributed by atoms with Crippen molar-refractivity contribution in [3.05, 3.63) is 135 Å². The summed E-state index contributed by atoms with van der Waals surface area (Å²) < 4.78 is 5.57. The fourth-order valence-corrected chi connectivity index (χ4v) is 7.22. The molecule has 41 heavy (non-hydrogen) atoms. The highest BCUT2D eigenvalue weighted by Crippen LogP contribution is 2.61. The predicted molar refractivity (Wildman–Crippen MR) is 159 cm³/mol. The Balaban J connectivity index is 1.55. The molecule has 0 saturated carbocycles. The number of benzene rings is 4. The van der Waals surface area contributed by atoms with E-state index in [0.717, 1.165) is 16.8 Å². The van der Waals surface area contributed by atoms with Gasteiger partial charge in [0.25, 0.3) is 0 Å². The van der Waals surface area contributed by atoms with Gasteiger partial charge in [-0.15, -0.1) is 0 Å². The number of ether oxygens (including phenoxy) is 1. The summed E-state index contributed by atoms with van der Waals surface area (Å²) in [5, 5.41) is 0.562. The lowest BCUT2D eigenvalue weighted by Gasteiger charge is -2.37. The number of carbonyl (C=O) groups is 3. The number of rotatable bonds is 4. The monoisotopic (exact) mass is 559 g/mol. The summed E-state index contributed by atoms with van der Waals surface area (Å²) >= 11 is 6.37. The average molecular weight is 560 g/mol. The van der Waals surface area contributed by atoms with Crippen LogP contribution < -0.4 is 9.64 Å². The topological polar surface area (TPSA) is 63.7 Å². The minimum Gasteiger partial charge on any atom is -0.497 e. The van der Waals surface area contributed by atoms with E-state index in [1.807, 2.05) is 84.6 Å². The summed E-state index contributed by atoms with van der Waals surface area (Å²) in [4.78, 5) is 46.1. The number of halogens is 1. The molecule has 0 amide bonds. The normalized spacial score (nSPS) is 21.5. The molecule has 1 fully saturated rings. The molecule has 3 aliphatic rings. The van der Waals surface area contributed by atoms with Crippen LogP contribution in [0.4, 0.5) is 5.69 Å². The van der Waals surface area contributed by atoms with E-state index in [9.17, 15) is 14.4 Å². The number of Topliss-reactive ketones (excluding diaryl/α,β-unsaturated/α-hetero) is 3. The van der Waals surface area contributed by atoms with Crippen LogP contribution in [0.5, 0.6) is 5.75 Å². The SMILES string of the molecule is COc1cccc([C@@H]2[C@@H](C(=O)c3ccc(C)cc3)N3c4ccc(Cl)cc4C=C[C@H]3C23C(=O)c2ccccc2C3=O)c1. The average Bonchev–Trinajstić information content (AvgIpc) is 3.43. The fourth-order valence-electron chi connectivity index (χ4n) is 7.04. The third-order valence-corrected chi connectivity index (χ3v) is 9.06. The molecule has 6 heteroatoms. The summed E-state index contributed by atoms with van der Waals surface area (Å²) in [6.07, 6.45) is 3.81. The Hall–Kier alpha value is -4.48. The van der Waals surface area contributed by atoms with Crippen LogP contribution in [0.3, 0.4) is 0 Å². The first-order chi connectivity index (χ1) is 19.9. The van der Waals surface area contributed by atoms with Gasteiger partial charge >= 0.3 is 0 Å². The van der Waals surface area contributed by atoms with Crippen molar-refractivity contribution in [2.75, 3.05) is 12.0 Å². The van der Waals surface area contributed by atoms with Crippen molar-refractivity contribution in [3.63, 3.8) is 0 Å². The van der Waals surface area contributed by atoms with Crippen molar-refractivity contribution in [2.45, 2.75) is 24.9 Å². The summed E-state index contributed by atoms with van der Waals surface area (Å²) in [6.45, 7) is 1.97. The van der Waals surface area contributed by atoms with Gasteiger partial charge in [-0.2, -0.15) is 0 Å². The molecule has 0 aromatic heterocycles. The van der Waals surface area contributed by atoms with Gasteiger partial charge in [-0.05, 0) is 48.4 Å². The van der Waals surface area contributed by atoms with E-state index in [0.29, 0.717) is 33.0 Å². The Labute approximate surface area is 243 Å². The molecule has 1 spiro atoms. The van der Waals surface area contributed by atoms with Gasteiger partial charge in [-0.1, -0.05) is 90.0 Å². The highest BCUT2D eigenvalue weighted by molar-refractivity contribution is 6.32. The molecule has 0 bridgehead atoms. The van der Waals surface area contributed by atoms with Crippen LogP contribution in [-0.2, 0) is 0 Å². The van der Waals surface area contributed by atoms with Gasteiger partial charge in [0.05, 0.1) is 13.2 Å². The minimum absolute atomic E-state index is 0.160. The zero-order valence-electron chi connectivity index (χ0n) is 22.5. The van der Waals surface area contributed by atoms with Gasteiger partial charge in [0, 0.05) is 33.3 Å². The fraction of sp³-hybridized carbons (Fsp3) is 0.171. The molecule has 1 saturated heterocycles. The first-order valence-corrected chi connectivity index (χ1v) is 13.9. The molecule has 0 unspecified atom stereocenters. The maximum absolute atomic E-state index is 14.7. The molecule has 5 nitrogen and oxygen atoms in total. The van der Waals surface area contributed by atoms with E-state index in [-0.39, 0.29) is 17.3 Å². The van der Waals surface area contributed by atoms with Crippen molar-refractivity contribution >= 4 is 40.7 Å². The zero-order valence-corrected chi connectivity index (χ0v) is 23.3. The first-order valence-electron chi connectivity index (χ1n) is 13.6. The highest BCUT2D eigenvalue weighted by atomic mass is 35.5. The van der Waals surface area contributed by atoms with E-state index < -0.39 is 23.4 Å². The molecule has 1 aliphatic carbocycles. The van der Waals surface area contributed by atoms with Gasteiger partial charge in [-0.25, -0.2) is 0 Å². The second kappa shape index (κ2) is 9.28. The van der Waals surface area contributed by atoms with Gasteiger partial charge in [0.1, 0.15) is 17.2 Å². The number of hydrogen-bond donors (Lipinski definition) is 0. The van der Waals surface area contributed by atoms with Gasteiger partial charge in [0.15, 0.2) is 17.3 Å². The van der Waals surface area contributed by atoms with Crippen molar-refractivity contribution < 1.29 is 19.1 Å². The third kappa shape index (κ3) is 3.52. The van der Waals surface area contributed by atoms with Crippen LogP contribution in [0, 0.1) is 12.3 Å². The van der Waals surface area contributed by atoms with Crippen LogP contribution in [0.25, 0.3) is 6.08 Å². The summed E-state index contributed by atoms with van der Waals surface area (Å²) in [5.74, 6) is -0.894. The second-order valence-corrected chi connectivity index (χ2v) is 11.4. The summed E-state index contributed by atoms with van der Waals surface area (Å²) in [5.41, 5.74) is 3.06. The summed E-state index contributed by atoms with van der Waals surface area (Å²) in [6, 6.07) is 25.8. The Morgan fingerprint density at radius 2 is 1.59 bits per heavy atom. The largest absolute Gasteiger partial charge is 0.497 e. The van der Waals surface area contributed by atoms with Crippen LogP contribution in [0.2, 0.25) is 5.02 Å². The molecule has 4 aromatic carbocycles. The Kier molecular flexibility index (Phi) is 5.77. The number of carbonyl (C=O) groups excluding carboxylic acids is 3. The van der Waals surface area contributed by atoms with Crippen molar-refractivity contribution in [3.8, 4) is 5.75 Å². The number of methoxy groups -OCH3 is 1. The highest BCUT2D eigenvalue weighted by Gasteiger charge is 2.71. The van der Waals surface area contributed by atoms with Gasteiger partial charge in [-0.3, -0.25) is 14.4 Å². The van der Waals surface area contributed by atoms with Crippen molar-refractivity contribution in [1.29, 1.82) is 0 Å². The van der Waals surface area contributed by atoms with Crippen LogP contribution in [-0.4, -0.2) is 36.5 Å². The van der Waals surface area contributed by atoms with Crippen LogP contribution in [0.1, 0.15) is 53.7 Å². The summed E-state index contributed by atoms with van der Waals surface area (Å²) in [7, 11) is 1.58. The number of nitrogens with zero attached hydrogens (tertiary/aromatic N) is 1. The second-order valence-electron chi connectivity index (χ2n) is 10.9. The number of hydrogen-bond acceptors (Lipinski definition) is 5. The molecular formula is C35H26ClNO4. The maximum Gasteiger partial charge on any atom is 0.185 e. The van der Waals surface area contributed by atoms with E-state index in [1.165, 1.54) is 0 Å². The van der Waals surface area contributed by atoms with Crippen LogP contribution in [0.15, 0.2) is 97.1 Å². The van der Waals surface area contributed by atoms with E-state index in [4.69, 9.17) is 16.3 Å². The Bertz CT molecular complexity index is 1760. The molecule has 7 rings (SSSR count). The van der Waals surface area contributed by atoms with Crippen molar-refractivity contribution in [2.24, 2.45) is 5.41 Å². The van der Waals surface area contributed by atoms with E-state index in [1.54, 1.807) is 37.4 Å². The smallest absolute Gasteiger partial charge is 0.185 e. The number of fused-ring (bicyclic) bond motifs is 5. The van der Waals surface area contributed by atoms with Crippen molar-refractivity contribution in [1.82, 2.24) is 0 Å². The van der Waals surface area contributed by atoms with E-state index in [2.05, 4.69) is 0 Å². The molecule has 2 aliphatic heterocycles. The standard InChI is InChI=1S/C35H26ClNO4/c1-20-10-12-21(13-11-20)32(38)31-30(23-6-5-7-25(19-23)41-2)35(33(39)26-8-3-4-9-27(26)34(35)40)29-17-14-22-18-24(36)15-16-28(22)37(29)31/h3-19,29-31H,1-2H3/t29-,30+,31-/m0/s1. The zero-order chi connectivity index (χ0) is 28.5. The molecule has 202 valence electrons. The Morgan fingerprint density at radius 1 is 0.878 bits per heavy atom.